The lowest BCUT2D eigenvalue weighted by Gasteiger charge is -2.05. The molecule has 1 N–H and O–H groups in total. The average Bonchev–Trinajstić information content (AvgIpc) is 2.63. The summed E-state index contributed by atoms with van der Waals surface area (Å²) in [6.07, 6.45) is 5.33. The van der Waals surface area contributed by atoms with Crippen LogP contribution in [0.2, 0.25) is 0 Å². The minimum absolute atomic E-state index is 0.429. The van der Waals surface area contributed by atoms with E-state index in [-0.39, 0.29) is 0 Å². The molecule has 0 aromatic heterocycles. The highest BCUT2D eigenvalue weighted by Gasteiger charge is 2.12. The van der Waals surface area contributed by atoms with Crippen molar-refractivity contribution in [2.75, 3.05) is 0 Å². The maximum absolute atomic E-state index is 9.91. The Labute approximate surface area is 107 Å². The zero-order valence-corrected chi connectivity index (χ0v) is 10.3. The molecule has 2 aromatic rings. The van der Waals surface area contributed by atoms with Gasteiger partial charge in [-0.2, -0.15) is 0 Å². The molecular formula is C17H16O. The Hall–Kier alpha value is -2.02. The van der Waals surface area contributed by atoms with Crippen molar-refractivity contribution in [1.29, 1.82) is 0 Å². The topological polar surface area (TPSA) is 20.2 Å². The van der Waals surface area contributed by atoms with E-state index in [4.69, 9.17) is 0 Å². The molecule has 18 heavy (non-hydrogen) atoms. The Bertz CT molecular complexity index is 582. The van der Waals surface area contributed by atoms with Gasteiger partial charge in [0.05, 0.1) is 0 Å². The number of allylic oxidation sites excluding steroid dienone is 1. The summed E-state index contributed by atoms with van der Waals surface area (Å²) < 4.78 is 0. The number of hydrogen-bond donors (Lipinski definition) is 1. The molecule has 0 amide bonds. The first-order valence-electron chi connectivity index (χ1n) is 6.41. The molecule has 1 heteroatoms. The van der Waals surface area contributed by atoms with Crippen molar-refractivity contribution >= 4 is 11.6 Å². The van der Waals surface area contributed by atoms with Crippen LogP contribution >= 0.6 is 0 Å². The van der Waals surface area contributed by atoms with Gasteiger partial charge in [0.15, 0.2) is 0 Å². The molecular weight excluding hydrogens is 220 g/mol. The first-order chi connectivity index (χ1) is 8.84. The molecule has 0 saturated carbocycles. The fourth-order valence-corrected chi connectivity index (χ4v) is 2.60. The second kappa shape index (κ2) is 4.69. The zero-order chi connectivity index (χ0) is 12.4. The number of fused-ring (bicyclic) bond motifs is 1. The van der Waals surface area contributed by atoms with Crippen molar-refractivity contribution in [3.63, 3.8) is 0 Å². The fourth-order valence-electron chi connectivity index (χ4n) is 2.60. The predicted molar refractivity (Wildman–Crippen MR) is 75.4 cm³/mol. The highest BCUT2D eigenvalue weighted by molar-refractivity contribution is 5.83. The van der Waals surface area contributed by atoms with Crippen LogP contribution in [0.1, 0.15) is 29.5 Å². The smallest absolute Gasteiger partial charge is 0.119 e. The zero-order valence-electron chi connectivity index (χ0n) is 10.3. The van der Waals surface area contributed by atoms with Gasteiger partial charge in [0, 0.05) is 5.56 Å². The van der Waals surface area contributed by atoms with E-state index in [2.05, 4.69) is 36.4 Å². The second-order valence-corrected chi connectivity index (χ2v) is 4.73. The third-order valence-electron chi connectivity index (χ3n) is 3.53. The lowest BCUT2D eigenvalue weighted by molar-refractivity contribution is 0.467. The van der Waals surface area contributed by atoms with Gasteiger partial charge in [0.1, 0.15) is 5.75 Å². The van der Waals surface area contributed by atoms with Gasteiger partial charge >= 0.3 is 0 Å². The molecule has 0 aliphatic heterocycles. The molecule has 1 aliphatic carbocycles. The van der Waals surface area contributed by atoms with Gasteiger partial charge in [-0.25, -0.2) is 0 Å². The van der Waals surface area contributed by atoms with Crippen molar-refractivity contribution in [1.82, 2.24) is 0 Å². The number of rotatable bonds is 1. The minimum atomic E-state index is 0.429. The SMILES string of the molecule is Oc1cccc2c1CCCC(c1ccccc1)=C2. The Morgan fingerprint density at radius 1 is 0.833 bits per heavy atom. The van der Waals surface area contributed by atoms with E-state index < -0.39 is 0 Å². The molecule has 0 unspecified atom stereocenters. The van der Waals surface area contributed by atoms with Crippen LogP contribution in [0.4, 0.5) is 0 Å². The molecule has 0 fully saturated rings. The summed E-state index contributed by atoms with van der Waals surface area (Å²) in [6, 6.07) is 16.3. The van der Waals surface area contributed by atoms with Crippen LogP contribution in [0.5, 0.6) is 5.75 Å². The van der Waals surface area contributed by atoms with E-state index in [1.807, 2.05) is 12.1 Å². The van der Waals surface area contributed by atoms with Gasteiger partial charge in [0.2, 0.25) is 0 Å². The number of hydrogen-bond acceptors (Lipinski definition) is 1. The summed E-state index contributed by atoms with van der Waals surface area (Å²) in [5.41, 5.74) is 4.89. The molecule has 3 rings (SSSR count). The van der Waals surface area contributed by atoms with Crippen LogP contribution in [-0.4, -0.2) is 5.11 Å². The number of benzene rings is 2. The third-order valence-corrected chi connectivity index (χ3v) is 3.53. The predicted octanol–water partition coefficient (Wildman–Crippen LogP) is 4.27. The number of aromatic hydroxyl groups is 1. The van der Waals surface area contributed by atoms with Gasteiger partial charge in [-0.15, -0.1) is 0 Å². The molecule has 1 aliphatic rings. The number of phenolic OH excluding ortho intramolecular Hbond substituents is 1. The van der Waals surface area contributed by atoms with E-state index in [1.54, 1.807) is 6.07 Å². The van der Waals surface area contributed by atoms with Crippen LogP contribution < -0.4 is 0 Å². The summed E-state index contributed by atoms with van der Waals surface area (Å²) >= 11 is 0. The van der Waals surface area contributed by atoms with Crippen LogP contribution in [0.25, 0.3) is 11.6 Å². The lowest BCUT2D eigenvalue weighted by atomic mass is 10.0. The second-order valence-electron chi connectivity index (χ2n) is 4.73. The van der Waals surface area contributed by atoms with E-state index in [0.29, 0.717) is 5.75 Å². The van der Waals surface area contributed by atoms with Crippen LogP contribution in [0, 0.1) is 0 Å². The van der Waals surface area contributed by atoms with Gasteiger partial charge in [-0.1, -0.05) is 48.5 Å². The maximum Gasteiger partial charge on any atom is 0.119 e. The molecule has 0 saturated heterocycles. The van der Waals surface area contributed by atoms with Crippen molar-refractivity contribution < 1.29 is 5.11 Å². The molecule has 2 aromatic carbocycles. The van der Waals surface area contributed by atoms with Gasteiger partial charge in [-0.05, 0) is 42.0 Å². The minimum Gasteiger partial charge on any atom is -0.508 e. The van der Waals surface area contributed by atoms with Crippen molar-refractivity contribution in [3.05, 3.63) is 65.2 Å². The van der Waals surface area contributed by atoms with E-state index >= 15 is 0 Å². The van der Waals surface area contributed by atoms with Crippen LogP contribution in [0.3, 0.4) is 0 Å². The van der Waals surface area contributed by atoms with Gasteiger partial charge < -0.3 is 5.11 Å². The van der Waals surface area contributed by atoms with Crippen LogP contribution in [0.15, 0.2) is 48.5 Å². The Kier molecular flexibility index (Phi) is 2.89. The first kappa shape index (κ1) is 11.1. The molecule has 0 spiro atoms. The summed E-state index contributed by atoms with van der Waals surface area (Å²) in [5.74, 6) is 0.429. The first-order valence-corrected chi connectivity index (χ1v) is 6.41. The maximum atomic E-state index is 9.91. The summed E-state index contributed by atoms with van der Waals surface area (Å²) in [5, 5.41) is 9.91. The highest BCUT2D eigenvalue weighted by atomic mass is 16.3. The van der Waals surface area contributed by atoms with Gasteiger partial charge in [0.25, 0.3) is 0 Å². The molecule has 90 valence electrons. The normalized spacial score (nSPS) is 14.6. The standard InChI is InChI=1S/C17H16O/c18-17-11-5-9-15-12-14(8-4-10-16(15)17)13-6-2-1-3-7-13/h1-3,5-7,9,11-12,18H,4,8,10H2. The molecule has 0 atom stereocenters. The largest absolute Gasteiger partial charge is 0.508 e. The fraction of sp³-hybridized carbons (Fsp3) is 0.176. The molecule has 1 nitrogen and oxygen atoms in total. The molecule has 0 radical (unpaired) electrons. The summed E-state index contributed by atoms with van der Waals surface area (Å²) in [6.45, 7) is 0. The lowest BCUT2D eigenvalue weighted by Crippen LogP contribution is -1.87. The molecule has 0 bridgehead atoms. The summed E-state index contributed by atoms with van der Waals surface area (Å²) in [7, 11) is 0. The van der Waals surface area contributed by atoms with Crippen molar-refractivity contribution in [2.24, 2.45) is 0 Å². The van der Waals surface area contributed by atoms with E-state index in [9.17, 15) is 5.11 Å². The Morgan fingerprint density at radius 3 is 2.50 bits per heavy atom. The van der Waals surface area contributed by atoms with E-state index in [1.165, 1.54) is 11.1 Å². The van der Waals surface area contributed by atoms with Gasteiger partial charge in [-0.3, -0.25) is 0 Å². The Balaban J connectivity index is 2.08. The third kappa shape index (κ3) is 2.04. The molecule has 0 heterocycles. The average molecular weight is 236 g/mol. The summed E-state index contributed by atoms with van der Waals surface area (Å²) in [4.78, 5) is 0. The Morgan fingerprint density at radius 2 is 1.67 bits per heavy atom. The van der Waals surface area contributed by atoms with Crippen molar-refractivity contribution in [2.45, 2.75) is 19.3 Å². The van der Waals surface area contributed by atoms with E-state index in [0.717, 1.165) is 30.4 Å². The van der Waals surface area contributed by atoms with Crippen LogP contribution in [-0.2, 0) is 6.42 Å². The number of phenols is 1. The quantitative estimate of drug-likeness (QED) is 0.784. The highest BCUT2D eigenvalue weighted by Crippen LogP contribution is 2.32. The monoisotopic (exact) mass is 236 g/mol. The van der Waals surface area contributed by atoms with Crippen molar-refractivity contribution in [3.8, 4) is 5.75 Å².